The lowest BCUT2D eigenvalue weighted by atomic mass is 9.85. The molecule has 1 saturated carbocycles. The highest BCUT2D eigenvalue weighted by Gasteiger charge is 2.22. The molecule has 5 heteroatoms. The summed E-state index contributed by atoms with van der Waals surface area (Å²) in [5.74, 6) is -0.393. The van der Waals surface area contributed by atoms with E-state index in [1.807, 2.05) is 13.8 Å². The monoisotopic (exact) mass is 228 g/mol. The normalized spacial score (nSPS) is 15.7. The number of urea groups is 1. The zero-order valence-corrected chi connectivity index (χ0v) is 9.90. The first-order valence-corrected chi connectivity index (χ1v) is 5.77. The van der Waals surface area contributed by atoms with Gasteiger partial charge in [0.2, 0.25) is 0 Å². The van der Waals surface area contributed by atoms with Crippen molar-refractivity contribution in [1.82, 2.24) is 10.2 Å². The van der Waals surface area contributed by atoms with E-state index in [0.29, 0.717) is 12.5 Å². The van der Waals surface area contributed by atoms with E-state index in [-0.39, 0.29) is 18.6 Å². The Morgan fingerprint density at radius 1 is 1.44 bits per heavy atom. The smallest absolute Gasteiger partial charge is 0.323 e. The Bertz CT molecular complexity index is 262. The second-order valence-electron chi connectivity index (χ2n) is 4.60. The van der Waals surface area contributed by atoms with E-state index in [1.54, 1.807) is 0 Å². The molecule has 2 N–H and O–H groups in total. The molecule has 16 heavy (non-hydrogen) atoms. The minimum atomic E-state index is -0.979. The van der Waals surface area contributed by atoms with E-state index in [0.717, 1.165) is 0 Å². The fourth-order valence-electron chi connectivity index (χ4n) is 1.66. The summed E-state index contributed by atoms with van der Waals surface area (Å²) in [4.78, 5) is 23.7. The van der Waals surface area contributed by atoms with Crippen molar-refractivity contribution in [3.63, 3.8) is 0 Å². The van der Waals surface area contributed by atoms with Crippen molar-refractivity contribution in [3.8, 4) is 0 Å². The van der Waals surface area contributed by atoms with Crippen LogP contribution in [0.1, 0.15) is 33.1 Å². The van der Waals surface area contributed by atoms with Crippen LogP contribution >= 0.6 is 0 Å². The molecule has 5 nitrogen and oxygen atoms in total. The molecule has 0 unspecified atom stereocenters. The summed E-state index contributed by atoms with van der Waals surface area (Å²) in [7, 11) is 0. The molecule has 92 valence electrons. The van der Waals surface area contributed by atoms with Gasteiger partial charge in [0, 0.05) is 12.6 Å². The Balaban J connectivity index is 2.36. The number of hydrogen-bond acceptors (Lipinski definition) is 2. The summed E-state index contributed by atoms with van der Waals surface area (Å²) in [5.41, 5.74) is 0. The topological polar surface area (TPSA) is 69.6 Å². The second-order valence-corrected chi connectivity index (χ2v) is 4.60. The average Bonchev–Trinajstić information content (AvgIpc) is 2.10. The molecule has 1 aliphatic carbocycles. The number of nitrogens with one attached hydrogen (secondary N) is 1. The number of carbonyl (C=O) groups is 2. The second kappa shape index (κ2) is 5.72. The first-order chi connectivity index (χ1) is 7.50. The van der Waals surface area contributed by atoms with Crippen molar-refractivity contribution >= 4 is 12.0 Å². The Morgan fingerprint density at radius 3 is 2.44 bits per heavy atom. The zero-order valence-electron chi connectivity index (χ0n) is 9.90. The molecular weight excluding hydrogens is 208 g/mol. The van der Waals surface area contributed by atoms with Crippen LogP contribution in [0.4, 0.5) is 4.79 Å². The van der Waals surface area contributed by atoms with Gasteiger partial charge in [0.25, 0.3) is 0 Å². The molecular formula is C11H20N2O3. The first-order valence-electron chi connectivity index (χ1n) is 5.77. The zero-order chi connectivity index (χ0) is 12.1. The molecule has 0 saturated heterocycles. The van der Waals surface area contributed by atoms with Gasteiger partial charge in [-0.25, -0.2) is 4.79 Å². The molecule has 2 amide bonds. The van der Waals surface area contributed by atoms with Gasteiger partial charge in [-0.15, -0.1) is 0 Å². The SMILES string of the molecule is CC(C)N(CC(=O)O)C(=O)NCC1CCC1. The molecule has 0 aromatic heterocycles. The molecule has 0 aliphatic heterocycles. The van der Waals surface area contributed by atoms with Crippen LogP contribution in [-0.2, 0) is 4.79 Å². The maximum Gasteiger partial charge on any atom is 0.323 e. The Morgan fingerprint density at radius 2 is 2.06 bits per heavy atom. The first kappa shape index (κ1) is 12.8. The molecule has 1 rings (SSSR count). The average molecular weight is 228 g/mol. The lowest BCUT2D eigenvalue weighted by Gasteiger charge is -2.29. The third-order valence-electron chi connectivity index (χ3n) is 2.96. The summed E-state index contributed by atoms with van der Waals surface area (Å²) >= 11 is 0. The number of rotatable bonds is 5. The number of amides is 2. The van der Waals surface area contributed by atoms with Gasteiger partial charge in [-0.3, -0.25) is 4.79 Å². The molecule has 1 aliphatic rings. The predicted molar refractivity (Wildman–Crippen MR) is 60.2 cm³/mol. The molecule has 0 aromatic rings. The number of nitrogens with zero attached hydrogens (tertiary/aromatic N) is 1. The van der Waals surface area contributed by atoms with Crippen LogP contribution in [0.3, 0.4) is 0 Å². The number of carboxylic acids is 1. The molecule has 0 radical (unpaired) electrons. The lowest BCUT2D eigenvalue weighted by molar-refractivity contribution is -0.138. The minimum Gasteiger partial charge on any atom is -0.480 e. The highest BCUT2D eigenvalue weighted by molar-refractivity contribution is 5.80. The largest absolute Gasteiger partial charge is 0.480 e. The fourth-order valence-corrected chi connectivity index (χ4v) is 1.66. The molecule has 0 spiro atoms. The molecule has 0 atom stereocenters. The van der Waals surface area contributed by atoms with Crippen LogP contribution in [0.2, 0.25) is 0 Å². The van der Waals surface area contributed by atoms with Crippen LogP contribution in [-0.4, -0.2) is 41.1 Å². The summed E-state index contributed by atoms with van der Waals surface area (Å²) in [6, 6.07) is -0.373. The van der Waals surface area contributed by atoms with Gasteiger partial charge < -0.3 is 15.3 Å². The van der Waals surface area contributed by atoms with Crippen LogP contribution in [0.15, 0.2) is 0 Å². The minimum absolute atomic E-state index is 0.0995. The van der Waals surface area contributed by atoms with Gasteiger partial charge in [-0.05, 0) is 32.6 Å². The van der Waals surface area contributed by atoms with Crippen molar-refractivity contribution in [2.45, 2.75) is 39.2 Å². The van der Waals surface area contributed by atoms with Gasteiger partial charge in [-0.2, -0.15) is 0 Å². The van der Waals surface area contributed by atoms with Crippen LogP contribution < -0.4 is 5.32 Å². The number of aliphatic carboxylic acids is 1. The Labute approximate surface area is 95.8 Å². The van der Waals surface area contributed by atoms with Gasteiger partial charge in [0.05, 0.1) is 0 Å². The van der Waals surface area contributed by atoms with Gasteiger partial charge in [0.15, 0.2) is 0 Å². The lowest BCUT2D eigenvalue weighted by Crippen LogP contribution is -2.48. The van der Waals surface area contributed by atoms with E-state index in [2.05, 4.69) is 5.32 Å². The molecule has 0 aromatic carbocycles. The third kappa shape index (κ3) is 3.72. The summed E-state index contributed by atoms with van der Waals surface area (Å²) in [6.07, 6.45) is 3.57. The van der Waals surface area contributed by atoms with Crippen LogP contribution in [0, 0.1) is 5.92 Å². The van der Waals surface area contributed by atoms with E-state index in [9.17, 15) is 9.59 Å². The van der Waals surface area contributed by atoms with Crippen molar-refractivity contribution in [3.05, 3.63) is 0 Å². The maximum absolute atomic E-state index is 11.7. The quantitative estimate of drug-likeness (QED) is 0.745. The van der Waals surface area contributed by atoms with Gasteiger partial charge >= 0.3 is 12.0 Å². The van der Waals surface area contributed by atoms with Gasteiger partial charge in [0.1, 0.15) is 6.54 Å². The summed E-state index contributed by atoms with van der Waals surface area (Å²) < 4.78 is 0. The number of carbonyl (C=O) groups excluding carboxylic acids is 1. The summed E-state index contributed by atoms with van der Waals surface area (Å²) in [5, 5.41) is 11.5. The Hall–Kier alpha value is -1.26. The highest BCUT2D eigenvalue weighted by atomic mass is 16.4. The summed E-state index contributed by atoms with van der Waals surface area (Å²) in [6.45, 7) is 4.05. The fraction of sp³-hybridized carbons (Fsp3) is 0.818. The highest BCUT2D eigenvalue weighted by Crippen LogP contribution is 2.25. The van der Waals surface area contributed by atoms with Crippen molar-refractivity contribution in [2.24, 2.45) is 5.92 Å². The molecule has 0 bridgehead atoms. The van der Waals surface area contributed by atoms with Crippen LogP contribution in [0.5, 0.6) is 0 Å². The van der Waals surface area contributed by atoms with E-state index >= 15 is 0 Å². The van der Waals surface area contributed by atoms with E-state index in [1.165, 1.54) is 24.2 Å². The Kier molecular flexibility index (Phi) is 4.58. The standard InChI is InChI=1S/C11H20N2O3/c1-8(2)13(7-10(14)15)11(16)12-6-9-4-3-5-9/h8-9H,3-7H2,1-2H3,(H,12,16)(H,14,15). The van der Waals surface area contributed by atoms with Gasteiger partial charge in [-0.1, -0.05) is 6.42 Å². The number of hydrogen-bond donors (Lipinski definition) is 2. The third-order valence-corrected chi connectivity index (χ3v) is 2.96. The molecule has 0 heterocycles. The number of carboxylic acid groups (broad SMARTS) is 1. The van der Waals surface area contributed by atoms with E-state index in [4.69, 9.17) is 5.11 Å². The molecule has 1 fully saturated rings. The van der Waals surface area contributed by atoms with Crippen LogP contribution in [0.25, 0.3) is 0 Å². The maximum atomic E-state index is 11.7. The van der Waals surface area contributed by atoms with Crippen molar-refractivity contribution in [2.75, 3.05) is 13.1 Å². The predicted octanol–water partition coefficient (Wildman–Crippen LogP) is 1.29. The van der Waals surface area contributed by atoms with E-state index < -0.39 is 5.97 Å². The van der Waals surface area contributed by atoms with Crippen molar-refractivity contribution in [1.29, 1.82) is 0 Å². The van der Waals surface area contributed by atoms with Crippen molar-refractivity contribution < 1.29 is 14.7 Å².